The van der Waals surface area contributed by atoms with Crippen molar-refractivity contribution in [2.24, 2.45) is 0 Å². The van der Waals surface area contributed by atoms with Gasteiger partial charge in [0, 0.05) is 37.9 Å². The number of rotatable bonds is 4. The van der Waals surface area contributed by atoms with Gasteiger partial charge in [0.1, 0.15) is 0 Å². The number of carbonyl (C=O) groups excluding carboxylic acids is 2. The molecule has 0 aliphatic carbocycles. The molecule has 1 aromatic rings. The fourth-order valence-corrected chi connectivity index (χ4v) is 4.94. The Balaban J connectivity index is 1.38. The number of benzene rings is 1. The predicted molar refractivity (Wildman–Crippen MR) is 98.8 cm³/mol. The molecule has 0 saturated carbocycles. The Morgan fingerprint density at radius 2 is 1.77 bits per heavy atom. The summed E-state index contributed by atoms with van der Waals surface area (Å²) in [6, 6.07) is 9.18. The van der Waals surface area contributed by atoms with Crippen molar-refractivity contribution in [3.8, 4) is 0 Å². The molecule has 0 radical (unpaired) electrons. The molecular weight excluding hydrogens is 356 g/mol. The number of urea groups is 1. The van der Waals surface area contributed by atoms with Gasteiger partial charge in [-0.1, -0.05) is 18.2 Å². The lowest BCUT2D eigenvalue weighted by molar-refractivity contribution is -0.130. The lowest BCUT2D eigenvalue weighted by Crippen LogP contribution is -2.52. The summed E-state index contributed by atoms with van der Waals surface area (Å²) in [7, 11) is -3.04. The fraction of sp³-hybridized carbons (Fsp3) is 0.529. The number of anilines is 1. The van der Waals surface area contributed by atoms with E-state index < -0.39 is 15.9 Å². The van der Waals surface area contributed by atoms with Crippen LogP contribution in [0.2, 0.25) is 0 Å². The largest absolute Gasteiger partial charge is 0.368 e. The van der Waals surface area contributed by atoms with E-state index in [-0.39, 0.29) is 30.0 Å². The number of nitrogens with zero attached hydrogens (tertiary/aromatic N) is 2. The molecule has 2 fully saturated rings. The summed E-state index contributed by atoms with van der Waals surface area (Å²) >= 11 is 0. The second kappa shape index (κ2) is 7.94. The van der Waals surface area contributed by atoms with Crippen molar-refractivity contribution in [2.75, 3.05) is 49.1 Å². The summed E-state index contributed by atoms with van der Waals surface area (Å²) in [4.78, 5) is 28.1. The van der Waals surface area contributed by atoms with Crippen molar-refractivity contribution in [2.45, 2.75) is 12.5 Å². The van der Waals surface area contributed by atoms with Gasteiger partial charge in [0.15, 0.2) is 9.84 Å². The molecule has 2 heterocycles. The van der Waals surface area contributed by atoms with Crippen LogP contribution in [0.4, 0.5) is 10.5 Å². The maximum absolute atomic E-state index is 12.3. The van der Waals surface area contributed by atoms with E-state index in [2.05, 4.69) is 15.5 Å². The Labute approximate surface area is 153 Å². The fourth-order valence-electron chi connectivity index (χ4n) is 3.27. The zero-order valence-electron chi connectivity index (χ0n) is 14.6. The van der Waals surface area contributed by atoms with Gasteiger partial charge in [0.2, 0.25) is 5.91 Å². The molecule has 9 heteroatoms. The zero-order chi connectivity index (χ0) is 18.6. The average Bonchev–Trinajstić information content (AvgIpc) is 2.99. The Morgan fingerprint density at radius 1 is 1.08 bits per heavy atom. The third-order valence-corrected chi connectivity index (χ3v) is 6.49. The quantitative estimate of drug-likeness (QED) is 0.755. The minimum atomic E-state index is -3.04. The van der Waals surface area contributed by atoms with Crippen LogP contribution in [0.15, 0.2) is 30.3 Å². The lowest BCUT2D eigenvalue weighted by atomic mass is 10.2. The second-order valence-corrected chi connectivity index (χ2v) is 8.86. The van der Waals surface area contributed by atoms with Crippen LogP contribution in [0.25, 0.3) is 0 Å². The van der Waals surface area contributed by atoms with E-state index in [0.29, 0.717) is 19.5 Å². The normalized spacial score (nSPS) is 22.1. The van der Waals surface area contributed by atoms with Gasteiger partial charge in [-0.05, 0) is 18.6 Å². The molecule has 2 aliphatic rings. The maximum atomic E-state index is 12.3. The first-order chi connectivity index (χ1) is 12.4. The smallest absolute Gasteiger partial charge is 0.315 e. The van der Waals surface area contributed by atoms with E-state index in [9.17, 15) is 18.0 Å². The van der Waals surface area contributed by atoms with Crippen molar-refractivity contribution in [3.05, 3.63) is 30.3 Å². The van der Waals surface area contributed by atoms with Crippen LogP contribution < -0.4 is 15.5 Å². The molecule has 2 saturated heterocycles. The number of piperazine rings is 1. The van der Waals surface area contributed by atoms with Crippen LogP contribution in [0.1, 0.15) is 6.42 Å². The van der Waals surface area contributed by atoms with Gasteiger partial charge in [0.25, 0.3) is 0 Å². The van der Waals surface area contributed by atoms with E-state index in [0.717, 1.165) is 18.8 Å². The van der Waals surface area contributed by atoms with Crippen LogP contribution in [-0.2, 0) is 14.6 Å². The van der Waals surface area contributed by atoms with E-state index in [4.69, 9.17) is 0 Å². The SMILES string of the molecule is O=C(NCC(=O)N1CCN(c2ccccc2)CC1)N[C@@H]1CCS(=O)(=O)C1. The van der Waals surface area contributed by atoms with E-state index >= 15 is 0 Å². The molecular formula is C17H24N4O4S. The molecule has 1 atom stereocenters. The number of hydrogen-bond acceptors (Lipinski definition) is 5. The molecule has 2 N–H and O–H groups in total. The van der Waals surface area contributed by atoms with Gasteiger partial charge < -0.3 is 20.4 Å². The van der Waals surface area contributed by atoms with Gasteiger partial charge in [0.05, 0.1) is 18.1 Å². The summed E-state index contributed by atoms with van der Waals surface area (Å²) in [5, 5.41) is 5.14. The number of amides is 3. The van der Waals surface area contributed by atoms with Crippen molar-refractivity contribution >= 4 is 27.5 Å². The highest BCUT2D eigenvalue weighted by molar-refractivity contribution is 7.91. The number of carbonyl (C=O) groups is 2. The lowest BCUT2D eigenvalue weighted by Gasteiger charge is -2.36. The second-order valence-electron chi connectivity index (χ2n) is 6.63. The molecule has 0 bridgehead atoms. The zero-order valence-corrected chi connectivity index (χ0v) is 15.4. The van der Waals surface area contributed by atoms with Crippen molar-refractivity contribution in [3.63, 3.8) is 0 Å². The molecule has 0 unspecified atom stereocenters. The maximum Gasteiger partial charge on any atom is 0.315 e. The summed E-state index contributed by atoms with van der Waals surface area (Å²) in [5.41, 5.74) is 1.14. The minimum Gasteiger partial charge on any atom is -0.368 e. The minimum absolute atomic E-state index is 0.0319. The molecule has 0 spiro atoms. The van der Waals surface area contributed by atoms with Crippen LogP contribution >= 0.6 is 0 Å². The molecule has 1 aromatic carbocycles. The first kappa shape index (κ1) is 18.5. The summed E-state index contributed by atoms with van der Waals surface area (Å²) < 4.78 is 22.8. The summed E-state index contributed by atoms with van der Waals surface area (Å²) in [6.45, 7) is 2.64. The average molecular weight is 380 g/mol. The third-order valence-electron chi connectivity index (χ3n) is 4.72. The molecule has 8 nitrogen and oxygen atoms in total. The highest BCUT2D eigenvalue weighted by atomic mass is 32.2. The highest BCUT2D eigenvalue weighted by Gasteiger charge is 2.29. The van der Waals surface area contributed by atoms with Gasteiger partial charge in [-0.3, -0.25) is 4.79 Å². The number of sulfone groups is 1. The third kappa shape index (κ3) is 4.87. The van der Waals surface area contributed by atoms with Gasteiger partial charge in [-0.2, -0.15) is 0 Å². The van der Waals surface area contributed by atoms with Gasteiger partial charge in [-0.15, -0.1) is 0 Å². The Morgan fingerprint density at radius 3 is 2.38 bits per heavy atom. The van der Waals surface area contributed by atoms with Crippen LogP contribution in [0.5, 0.6) is 0 Å². The van der Waals surface area contributed by atoms with E-state index in [1.54, 1.807) is 4.90 Å². The summed E-state index contributed by atoms with van der Waals surface area (Å²) in [5.74, 6) is -0.0647. The van der Waals surface area contributed by atoms with Gasteiger partial charge in [-0.25, -0.2) is 13.2 Å². The van der Waals surface area contributed by atoms with Crippen molar-refractivity contribution < 1.29 is 18.0 Å². The summed E-state index contributed by atoms with van der Waals surface area (Å²) in [6.07, 6.45) is 0.422. The van der Waals surface area contributed by atoms with Crippen LogP contribution in [-0.4, -0.2) is 75.5 Å². The molecule has 2 aliphatic heterocycles. The molecule has 142 valence electrons. The Bertz CT molecular complexity index is 745. The van der Waals surface area contributed by atoms with Crippen molar-refractivity contribution in [1.82, 2.24) is 15.5 Å². The first-order valence-corrected chi connectivity index (χ1v) is 10.6. The molecule has 3 amide bonds. The Hall–Kier alpha value is -2.29. The monoisotopic (exact) mass is 380 g/mol. The highest BCUT2D eigenvalue weighted by Crippen LogP contribution is 2.15. The predicted octanol–water partition coefficient (Wildman–Crippen LogP) is -0.178. The first-order valence-electron chi connectivity index (χ1n) is 8.75. The van der Waals surface area contributed by atoms with Crippen LogP contribution in [0, 0.1) is 0 Å². The topological polar surface area (TPSA) is 98.8 Å². The number of hydrogen-bond donors (Lipinski definition) is 2. The van der Waals surface area contributed by atoms with E-state index in [1.165, 1.54) is 0 Å². The van der Waals surface area contributed by atoms with E-state index in [1.807, 2.05) is 30.3 Å². The van der Waals surface area contributed by atoms with Crippen LogP contribution in [0.3, 0.4) is 0 Å². The standard InChI is InChI=1S/C17H24N4O4S/c22-16(12-18-17(23)19-14-6-11-26(24,25)13-14)21-9-7-20(8-10-21)15-4-2-1-3-5-15/h1-5,14H,6-13H2,(H2,18,19,23)/t14-/m1/s1. The number of para-hydroxylation sites is 1. The molecule has 26 heavy (non-hydrogen) atoms. The number of nitrogens with one attached hydrogen (secondary N) is 2. The molecule has 3 rings (SSSR count). The van der Waals surface area contributed by atoms with Crippen molar-refractivity contribution in [1.29, 1.82) is 0 Å². The molecule has 0 aromatic heterocycles. The Kier molecular flexibility index (Phi) is 5.65. The van der Waals surface area contributed by atoms with Gasteiger partial charge >= 0.3 is 6.03 Å².